The van der Waals surface area contributed by atoms with Gasteiger partial charge in [0.15, 0.2) is 0 Å². The van der Waals surface area contributed by atoms with Gasteiger partial charge in [0.25, 0.3) is 0 Å². The molecule has 1 N–H and O–H groups in total. The lowest BCUT2D eigenvalue weighted by Gasteiger charge is -2.24. The summed E-state index contributed by atoms with van der Waals surface area (Å²) in [4.78, 5) is 10.3. The van der Waals surface area contributed by atoms with Crippen LogP contribution in [0.15, 0.2) is 0 Å². The van der Waals surface area contributed by atoms with Gasteiger partial charge in [-0.1, -0.05) is 33.6 Å². The van der Waals surface area contributed by atoms with Crippen LogP contribution >= 0.6 is 12.8 Å². The van der Waals surface area contributed by atoms with E-state index in [4.69, 9.17) is 0 Å². The molecule has 0 saturated heterocycles. The zero-order chi connectivity index (χ0) is 7.49. The fourth-order valence-corrected chi connectivity index (χ4v) is 0.876. The lowest BCUT2D eigenvalue weighted by Crippen LogP contribution is -2.36. The molecule has 0 aliphatic heterocycles. The van der Waals surface area contributed by atoms with Crippen LogP contribution in [0.3, 0.4) is 0 Å². The first-order valence-electron chi connectivity index (χ1n) is 2.87. The monoisotopic (exact) mass is 147 g/mol. The Morgan fingerprint density at radius 3 is 2.00 bits per heavy atom. The van der Waals surface area contributed by atoms with Gasteiger partial charge in [0.05, 0.1) is 6.04 Å². The van der Waals surface area contributed by atoms with Crippen molar-refractivity contribution in [1.29, 1.82) is 0 Å². The molecule has 3 heteroatoms. The number of thiol groups is 1. The zero-order valence-corrected chi connectivity index (χ0v) is 6.90. The molecule has 54 valence electrons. The van der Waals surface area contributed by atoms with Gasteiger partial charge in [0.2, 0.25) is 0 Å². The summed E-state index contributed by atoms with van der Waals surface area (Å²) in [5, 5.41) is 0. The van der Waals surface area contributed by atoms with Gasteiger partial charge in [-0.15, -0.1) is 0 Å². The fraction of sp³-hybridized carbons (Fsp3) is 0.833. The van der Waals surface area contributed by atoms with Gasteiger partial charge in [-0.05, 0) is 5.41 Å². The number of hydrogen-bond donors (Lipinski definition) is 2. The maximum atomic E-state index is 10.3. The third-order valence-corrected chi connectivity index (χ3v) is 1.49. The van der Waals surface area contributed by atoms with Gasteiger partial charge >= 0.3 is 0 Å². The van der Waals surface area contributed by atoms with Gasteiger partial charge in [-0.25, -0.2) is 0 Å². The number of rotatable bonds is 2. The quantitative estimate of drug-likeness (QED) is 0.451. The van der Waals surface area contributed by atoms with Crippen LogP contribution in [0.4, 0.5) is 0 Å². The maximum absolute atomic E-state index is 10.3. The third-order valence-electron chi connectivity index (χ3n) is 1.21. The normalized spacial score (nSPS) is 15.1. The van der Waals surface area contributed by atoms with Crippen LogP contribution in [-0.4, -0.2) is 12.3 Å². The van der Waals surface area contributed by atoms with Crippen molar-refractivity contribution in [2.24, 2.45) is 5.41 Å². The minimum Gasteiger partial charge on any atom is -0.302 e. The highest BCUT2D eigenvalue weighted by molar-refractivity contribution is 7.78. The Morgan fingerprint density at radius 1 is 1.56 bits per heavy atom. The smallest absolute Gasteiger partial charge is 0.138 e. The predicted molar refractivity (Wildman–Crippen MR) is 41.4 cm³/mol. The van der Waals surface area contributed by atoms with Gasteiger partial charge in [0.1, 0.15) is 6.29 Å². The Kier molecular flexibility index (Phi) is 3.22. The van der Waals surface area contributed by atoms with E-state index < -0.39 is 0 Å². The van der Waals surface area contributed by atoms with Crippen LogP contribution in [0.25, 0.3) is 0 Å². The Bertz CT molecular complexity index is 97.7. The van der Waals surface area contributed by atoms with Gasteiger partial charge < -0.3 is 4.79 Å². The second kappa shape index (κ2) is 3.22. The van der Waals surface area contributed by atoms with Crippen LogP contribution in [0.2, 0.25) is 0 Å². The van der Waals surface area contributed by atoms with Crippen molar-refractivity contribution in [2.75, 3.05) is 0 Å². The molecular weight excluding hydrogens is 134 g/mol. The number of carbonyl (C=O) groups excluding carboxylic acids is 1. The molecule has 0 aromatic rings. The van der Waals surface area contributed by atoms with Crippen molar-refractivity contribution >= 4 is 19.1 Å². The summed E-state index contributed by atoms with van der Waals surface area (Å²) in [6, 6.07) is -0.166. The summed E-state index contributed by atoms with van der Waals surface area (Å²) >= 11 is 3.81. The minimum atomic E-state index is -0.166. The van der Waals surface area contributed by atoms with E-state index in [1.807, 2.05) is 20.8 Å². The van der Waals surface area contributed by atoms with Crippen molar-refractivity contribution in [3.63, 3.8) is 0 Å². The molecule has 0 rings (SSSR count). The first kappa shape index (κ1) is 8.98. The van der Waals surface area contributed by atoms with Crippen LogP contribution in [0.5, 0.6) is 0 Å². The number of hydrogen-bond acceptors (Lipinski definition) is 3. The van der Waals surface area contributed by atoms with E-state index >= 15 is 0 Å². The van der Waals surface area contributed by atoms with E-state index in [9.17, 15) is 4.79 Å². The van der Waals surface area contributed by atoms with Crippen molar-refractivity contribution in [1.82, 2.24) is 4.72 Å². The maximum Gasteiger partial charge on any atom is 0.138 e. The molecule has 0 aromatic heterocycles. The van der Waals surface area contributed by atoms with Gasteiger partial charge in [0, 0.05) is 0 Å². The molecule has 0 spiro atoms. The summed E-state index contributed by atoms with van der Waals surface area (Å²) in [6.07, 6.45) is 0.868. The van der Waals surface area contributed by atoms with Crippen LogP contribution < -0.4 is 4.72 Å². The number of carbonyl (C=O) groups is 1. The average Bonchev–Trinajstić information content (AvgIpc) is 1.65. The molecular formula is C6H13NOS. The van der Waals surface area contributed by atoms with Crippen molar-refractivity contribution in [3.8, 4) is 0 Å². The van der Waals surface area contributed by atoms with Gasteiger partial charge in [-0.2, -0.15) is 0 Å². The van der Waals surface area contributed by atoms with Crippen molar-refractivity contribution in [2.45, 2.75) is 26.8 Å². The minimum absolute atomic E-state index is 0.0382. The van der Waals surface area contributed by atoms with E-state index in [1.165, 1.54) is 0 Å². The molecule has 1 atom stereocenters. The standard InChI is InChI=1S/C6H13NOS/c1-6(2,3)5(4-8)7-9/h4-5,7,9H,1-3H3. The Balaban J connectivity index is 3.94. The lowest BCUT2D eigenvalue weighted by atomic mass is 9.88. The zero-order valence-electron chi connectivity index (χ0n) is 6.01. The third kappa shape index (κ3) is 2.87. The van der Waals surface area contributed by atoms with Crippen LogP contribution in [-0.2, 0) is 4.79 Å². The summed E-state index contributed by atoms with van der Waals surface area (Å²) in [6.45, 7) is 5.94. The average molecular weight is 147 g/mol. The molecule has 0 heterocycles. The highest BCUT2D eigenvalue weighted by Crippen LogP contribution is 2.17. The molecule has 9 heavy (non-hydrogen) atoms. The molecule has 2 nitrogen and oxygen atoms in total. The molecule has 0 aromatic carbocycles. The largest absolute Gasteiger partial charge is 0.302 e. The van der Waals surface area contributed by atoms with Gasteiger partial charge in [-0.3, -0.25) is 4.72 Å². The summed E-state index contributed by atoms with van der Waals surface area (Å²) in [5.41, 5.74) is -0.0382. The summed E-state index contributed by atoms with van der Waals surface area (Å²) in [5.74, 6) is 0. The van der Waals surface area contributed by atoms with E-state index in [0.717, 1.165) is 6.29 Å². The van der Waals surface area contributed by atoms with Crippen LogP contribution in [0, 0.1) is 5.41 Å². The van der Waals surface area contributed by atoms with Crippen molar-refractivity contribution in [3.05, 3.63) is 0 Å². The molecule has 0 bridgehead atoms. The molecule has 1 unspecified atom stereocenters. The molecule has 0 aliphatic rings. The SMILES string of the molecule is CC(C)(C)C(C=O)NS. The number of nitrogens with one attached hydrogen (secondary N) is 1. The van der Waals surface area contributed by atoms with Crippen LogP contribution in [0.1, 0.15) is 20.8 Å². The fourth-order valence-electron chi connectivity index (χ4n) is 0.428. The Hall–Kier alpha value is -0.0200. The summed E-state index contributed by atoms with van der Waals surface area (Å²) in [7, 11) is 0. The highest BCUT2D eigenvalue weighted by Gasteiger charge is 2.21. The molecule has 0 saturated carbocycles. The first-order valence-corrected chi connectivity index (χ1v) is 3.32. The predicted octanol–water partition coefficient (Wildman–Crippen LogP) is 1.03. The van der Waals surface area contributed by atoms with E-state index in [1.54, 1.807) is 0 Å². The number of aldehydes is 1. The molecule has 0 fully saturated rings. The first-order chi connectivity index (χ1) is 4.02. The Morgan fingerprint density at radius 2 is 2.00 bits per heavy atom. The van der Waals surface area contributed by atoms with E-state index in [2.05, 4.69) is 17.5 Å². The second-order valence-electron chi connectivity index (χ2n) is 3.11. The van der Waals surface area contributed by atoms with E-state index in [0.29, 0.717) is 0 Å². The lowest BCUT2D eigenvalue weighted by molar-refractivity contribution is -0.111. The van der Waals surface area contributed by atoms with Crippen molar-refractivity contribution < 1.29 is 4.79 Å². The van der Waals surface area contributed by atoms with E-state index in [-0.39, 0.29) is 11.5 Å². The highest BCUT2D eigenvalue weighted by atomic mass is 32.1. The topological polar surface area (TPSA) is 29.1 Å². The molecule has 0 aliphatic carbocycles. The summed E-state index contributed by atoms with van der Waals surface area (Å²) < 4.78 is 2.62. The molecule has 0 amide bonds. The molecule has 0 radical (unpaired) electrons. The second-order valence-corrected chi connectivity index (χ2v) is 3.37. The Labute approximate surface area is 61.6 Å².